The maximum atomic E-state index is 6.08. The van der Waals surface area contributed by atoms with Gasteiger partial charge in [0.2, 0.25) is 0 Å². The average molecular weight is 398 g/mol. The minimum atomic E-state index is -0.224. The number of nitrogens with one attached hydrogen (secondary N) is 1. The number of hydrogen-bond donors (Lipinski definition) is 1. The number of aromatic nitrogens is 7. The van der Waals surface area contributed by atoms with Crippen molar-refractivity contribution in [2.75, 3.05) is 11.4 Å². The van der Waals surface area contributed by atoms with E-state index in [0.717, 1.165) is 34.6 Å². The quantitative estimate of drug-likeness (QED) is 0.498. The number of H-pyrrole nitrogens is 1. The van der Waals surface area contributed by atoms with E-state index in [-0.39, 0.29) is 6.04 Å². The van der Waals surface area contributed by atoms with Gasteiger partial charge in [-0.15, -0.1) is 5.10 Å². The lowest BCUT2D eigenvalue weighted by Crippen LogP contribution is -2.36. The van der Waals surface area contributed by atoms with E-state index in [1.807, 2.05) is 48.0 Å². The van der Waals surface area contributed by atoms with Gasteiger partial charge in [0.25, 0.3) is 5.89 Å². The first-order valence-corrected chi connectivity index (χ1v) is 9.76. The van der Waals surface area contributed by atoms with Crippen LogP contribution in [-0.2, 0) is 6.42 Å². The molecule has 0 spiro atoms. The Morgan fingerprint density at radius 3 is 3.00 bits per heavy atom. The van der Waals surface area contributed by atoms with Crippen LogP contribution in [0, 0.1) is 6.92 Å². The summed E-state index contributed by atoms with van der Waals surface area (Å²) in [6, 6.07) is 12.1. The number of pyridine rings is 2. The lowest BCUT2D eigenvalue weighted by atomic mass is 10.0. The monoisotopic (exact) mass is 398 g/mol. The summed E-state index contributed by atoms with van der Waals surface area (Å²) < 4.78 is 7.94. The number of nitrogens with zero attached hydrogens (tertiary/aromatic N) is 7. The highest BCUT2D eigenvalue weighted by atomic mass is 16.4. The standard InChI is InChI=1S/C21H18N8O/c1-13-5-4-8-22-17(13)20-25-26-21(30-20)28-10-7-15-18(24-12-23-15)19(28)16-11-14-6-2-3-9-29(14)27-16/h2-6,8-9,11-12,19H,7,10H2,1H3,(H,23,24). The van der Waals surface area contributed by atoms with Crippen LogP contribution in [-0.4, -0.2) is 41.3 Å². The summed E-state index contributed by atoms with van der Waals surface area (Å²) in [4.78, 5) is 14.3. The van der Waals surface area contributed by atoms with Crippen LogP contribution in [0.15, 0.2) is 59.5 Å². The lowest BCUT2D eigenvalue weighted by molar-refractivity contribution is 0.502. The van der Waals surface area contributed by atoms with E-state index < -0.39 is 0 Å². The van der Waals surface area contributed by atoms with Crippen molar-refractivity contribution in [3.63, 3.8) is 0 Å². The van der Waals surface area contributed by atoms with Gasteiger partial charge in [0.15, 0.2) is 0 Å². The SMILES string of the molecule is Cc1cccnc1-c1nnc(N2CCc3[nH]cnc3C2c2cc3ccccn3n2)o1. The van der Waals surface area contributed by atoms with Crippen LogP contribution in [0.1, 0.15) is 28.7 Å². The summed E-state index contributed by atoms with van der Waals surface area (Å²) in [5.41, 5.74) is 5.61. The molecule has 0 radical (unpaired) electrons. The molecule has 9 heteroatoms. The number of aromatic amines is 1. The maximum absolute atomic E-state index is 6.08. The van der Waals surface area contributed by atoms with Crippen LogP contribution >= 0.6 is 0 Å². The molecule has 0 aliphatic carbocycles. The number of fused-ring (bicyclic) bond motifs is 2. The zero-order chi connectivity index (χ0) is 20.1. The molecule has 9 nitrogen and oxygen atoms in total. The minimum Gasteiger partial charge on any atom is -0.402 e. The van der Waals surface area contributed by atoms with E-state index in [1.54, 1.807) is 12.5 Å². The van der Waals surface area contributed by atoms with Crippen molar-refractivity contribution in [1.82, 2.24) is 34.8 Å². The van der Waals surface area contributed by atoms with Gasteiger partial charge in [0.1, 0.15) is 11.7 Å². The van der Waals surface area contributed by atoms with E-state index >= 15 is 0 Å². The summed E-state index contributed by atoms with van der Waals surface area (Å²) in [6.45, 7) is 2.68. The molecular weight excluding hydrogens is 380 g/mol. The molecule has 0 aromatic carbocycles. The molecule has 0 fully saturated rings. The van der Waals surface area contributed by atoms with Crippen molar-refractivity contribution in [2.24, 2.45) is 0 Å². The van der Waals surface area contributed by atoms with Crippen molar-refractivity contribution in [3.8, 4) is 11.6 Å². The van der Waals surface area contributed by atoms with Gasteiger partial charge in [0.05, 0.1) is 23.2 Å². The molecule has 0 saturated heterocycles. The highest BCUT2D eigenvalue weighted by molar-refractivity contribution is 5.55. The summed E-state index contributed by atoms with van der Waals surface area (Å²) >= 11 is 0. The van der Waals surface area contributed by atoms with E-state index in [0.29, 0.717) is 24.1 Å². The van der Waals surface area contributed by atoms with Gasteiger partial charge in [-0.2, -0.15) is 5.10 Å². The third kappa shape index (κ3) is 2.59. The Morgan fingerprint density at radius 1 is 1.13 bits per heavy atom. The number of hydrogen-bond acceptors (Lipinski definition) is 7. The second-order valence-corrected chi connectivity index (χ2v) is 7.31. The van der Waals surface area contributed by atoms with E-state index in [4.69, 9.17) is 9.52 Å². The van der Waals surface area contributed by atoms with Crippen molar-refractivity contribution < 1.29 is 4.42 Å². The number of anilines is 1. The number of aryl methyl sites for hydroxylation is 1. The zero-order valence-corrected chi connectivity index (χ0v) is 16.2. The van der Waals surface area contributed by atoms with E-state index in [1.165, 1.54) is 0 Å². The lowest BCUT2D eigenvalue weighted by Gasteiger charge is -2.32. The molecule has 6 rings (SSSR count). The summed E-state index contributed by atoms with van der Waals surface area (Å²) in [5.74, 6) is 0.407. The van der Waals surface area contributed by atoms with E-state index in [9.17, 15) is 0 Å². The molecule has 1 N–H and O–H groups in total. The molecule has 30 heavy (non-hydrogen) atoms. The van der Waals surface area contributed by atoms with Gasteiger partial charge in [-0.25, -0.2) is 9.50 Å². The second kappa shape index (κ2) is 6.51. The molecule has 5 aromatic heterocycles. The predicted molar refractivity (Wildman–Crippen MR) is 109 cm³/mol. The smallest absolute Gasteiger partial charge is 0.319 e. The van der Waals surface area contributed by atoms with Crippen LogP contribution in [0.3, 0.4) is 0 Å². The first-order chi connectivity index (χ1) is 14.8. The molecule has 1 unspecified atom stereocenters. The molecule has 0 bridgehead atoms. The molecule has 5 aromatic rings. The molecule has 0 saturated carbocycles. The molecule has 1 aliphatic heterocycles. The van der Waals surface area contributed by atoms with Crippen molar-refractivity contribution >= 4 is 11.5 Å². The van der Waals surface area contributed by atoms with Gasteiger partial charge in [-0.05, 0) is 36.8 Å². The molecular formula is C21H18N8O. The topological polar surface area (TPSA) is 101 Å². The number of imidazole rings is 1. The van der Waals surface area contributed by atoms with Gasteiger partial charge in [-0.3, -0.25) is 4.98 Å². The molecule has 1 atom stereocenters. The zero-order valence-electron chi connectivity index (χ0n) is 16.2. The van der Waals surface area contributed by atoms with Crippen molar-refractivity contribution in [1.29, 1.82) is 0 Å². The Labute approximate surface area is 171 Å². The third-order valence-electron chi connectivity index (χ3n) is 5.47. The fraction of sp³-hybridized carbons (Fsp3) is 0.190. The maximum Gasteiger partial charge on any atom is 0.319 e. The Bertz CT molecular complexity index is 1320. The van der Waals surface area contributed by atoms with Crippen LogP contribution < -0.4 is 4.90 Å². The summed E-state index contributed by atoms with van der Waals surface area (Å²) in [7, 11) is 0. The molecule has 1 aliphatic rings. The van der Waals surface area contributed by atoms with Crippen LogP contribution in [0.25, 0.3) is 17.1 Å². The Morgan fingerprint density at radius 2 is 2.10 bits per heavy atom. The Balaban J connectivity index is 1.45. The predicted octanol–water partition coefficient (Wildman–Crippen LogP) is 2.96. The highest BCUT2D eigenvalue weighted by Crippen LogP contribution is 2.37. The molecule has 148 valence electrons. The van der Waals surface area contributed by atoms with Crippen molar-refractivity contribution in [2.45, 2.75) is 19.4 Å². The van der Waals surface area contributed by atoms with Gasteiger partial charge in [-0.1, -0.05) is 17.2 Å². The van der Waals surface area contributed by atoms with Crippen LogP contribution in [0.4, 0.5) is 6.01 Å². The summed E-state index contributed by atoms with van der Waals surface area (Å²) in [6.07, 6.45) is 6.20. The van der Waals surface area contributed by atoms with Gasteiger partial charge < -0.3 is 14.3 Å². The van der Waals surface area contributed by atoms with Crippen LogP contribution in [0.2, 0.25) is 0 Å². The highest BCUT2D eigenvalue weighted by Gasteiger charge is 2.36. The van der Waals surface area contributed by atoms with Crippen molar-refractivity contribution in [3.05, 3.63) is 77.8 Å². The first kappa shape index (κ1) is 16.9. The third-order valence-corrected chi connectivity index (χ3v) is 5.47. The first-order valence-electron chi connectivity index (χ1n) is 9.76. The average Bonchev–Trinajstić information content (AvgIpc) is 3.51. The number of rotatable bonds is 3. The minimum absolute atomic E-state index is 0.224. The van der Waals surface area contributed by atoms with E-state index in [2.05, 4.69) is 36.1 Å². The van der Waals surface area contributed by atoms with Gasteiger partial charge in [0, 0.05) is 31.1 Å². The Kier molecular flexibility index (Phi) is 3.67. The molecule has 0 amide bonds. The Hall–Kier alpha value is -4.01. The fourth-order valence-corrected chi connectivity index (χ4v) is 4.01. The van der Waals surface area contributed by atoms with Gasteiger partial charge >= 0.3 is 6.01 Å². The molecule has 6 heterocycles. The second-order valence-electron chi connectivity index (χ2n) is 7.31. The summed E-state index contributed by atoms with van der Waals surface area (Å²) in [5, 5.41) is 13.4. The normalized spacial score (nSPS) is 16.2. The largest absolute Gasteiger partial charge is 0.402 e. The van der Waals surface area contributed by atoms with Crippen LogP contribution in [0.5, 0.6) is 0 Å². The fourth-order valence-electron chi connectivity index (χ4n) is 4.01.